The predicted octanol–water partition coefficient (Wildman–Crippen LogP) is 2.13. The maximum Gasteiger partial charge on any atom is 0.242 e. The largest absolute Gasteiger partial charge is 0.315 e. The third-order valence-electron chi connectivity index (χ3n) is 2.82. The molecule has 0 saturated carbocycles. The minimum atomic E-state index is -3.57. The van der Waals surface area contributed by atoms with E-state index < -0.39 is 10.0 Å². The van der Waals surface area contributed by atoms with Crippen LogP contribution in [0.15, 0.2) is 27.6 Å². The molecule has 0 unspecified atom stereocenters. The normalized spacial score (nSPS) is 20.9. The minimum absolute atomic E-state index is 0.0706. The van der Waals surface area contributed by atoms with Crippen molar-refractivity contribution in [1.82, 2.24) is 10.0 Å². The first-order valence-electron chi connectivity index (χ1n) is 5.68. The predicted molar refractivity (Wildman–Crippen MR) is 75.4 cm³/mol. The first kappa shape index (κ1) is 14.3. The summed E-state index contributed by atoms with van der Waals surface area (Å²) < 4.78 is 27.7. The maximum absolute atomic E-state index is 12.2. The highest BCUT2D eigenvalue weighted by Gasteiger charge is 2.24. The molecule has 0 aromatic heterocycles. The van der Waals surface area contributed by atoms with Crippen LogP contribution in [0.5, 0.6) is 0 Å². The molecule has 2 N–H and O–H groups in total. The molecule has 100 valence electrons. The average Bonchev–Trinajstić information content (AvgIpc) is 2.33. The molecule has 0 radical (unpaired) electrons. The molecule has 0 amide bonds. The highest BCUT2D eigenvalue weighted by molar-refractivity contribution is 9.10. The lowest BCUT2D eigenvalue weighted by atomic mass is 10.1. The van der Waals surface area contributed by atoms with Gasteiger partial charge in [0, 0.05) is 17.1 Å². The lowest BCUT2D eigenvalue weighted by Gasteiger charge is -2.23. The molecule has 1 aromatic carbocycles. The summed E-state index contributed by atoms with van der Waals surface area (Å²) in [6.45, 7) is 1.60. The van der Waals surface area contributed by atoms with Crippen LogP contribution in [0.4, 0.5) is 0 Å². The fraction of sp³-hybridized carbons (Fsp3) is 0.455. The molecule has 7 heteroatoms. The van der Waals surface area contributed by atoms with Gasteiger partial charge >= 0.3 is 0 Å². The molecular formula is C11H14BrClN2O2S. The zero-order chi connectivity index (χ0) is 13.2. The molecule has 4 nitrogen and oxygen atoms in total. The first-order chi connectivity index (χ1) is 8.50. The average molecular weight is 354 g/mol. The molecule has 2 rings (SSSR count). The van der Waals surface area contributed by atoms with Gasteiger partial charge in [0.15, 0.2) is 0 Å². The molecule has 1 atom stereocenters. The van der Waals surface area contributed by atoms with Gasteiger partial charge < -0.3 is 5.32 Å². The van der Waals surface area contributed by atoms with Crippen molar-refractivity contribution >= 4 is 37.6 Å². The van der Waals surface area contributed by atoms with E-state index >= 15 is 0 Å². The van der Waals surface area contributed by atoms with Crippen molar-refractivity contribution in [2.45, 2.75) is 23.8 Å². The van der Waals surface area contributed by atoms with Crippen molar-refractivity contribution in [1.29, 1.82) is 0 Å². The molecule has 1 aliphatic heterocycles. The van der Waals surface area contributed by atoms with Gasteiger partial charge in [-0.1, -0.05) is 17.7 Å². The van der Waals surface area contributed by atoms with E-state index in [4.69, 9.17) is 11.6 Å². The Morgan fingerprint density at radius 2 is 2.22 bits per heavy atom. The monoisotopic (exact) mass is 352 g/mol. The van der Waals surface area contributed by atoms with E-state index in [9.17, 15) is 8.42 Å². The number of sulfonamides is 1. The Kier molecular flexibility index (Phi) is 4.66. The Labute approximate surface area is 120 Å². The van der Waals surface area contributed by atoms with Crippen molar-refractivity contribution in [3.05, 3.63) is 27.7 Å². The van der Waals surface area contributed by atoms with Crippen LogP contribution in [0.3, 0.4) is 0 Å². The van der Waals surface area contributed by atoms with Crippen molar-refractivity contribution < 1.29 is 8.42 Å². The quantitative estimate of drug-likeness (QED) is 0.875. The van der Waals surface area contributed by atoms with E-state index in [0.717, 1.165) is 19.4 Å². The number of halogens is 2. The molecule has 18 heavy (non-hydrogen) atoms. The highest BCUT2D eigenvalue weighted by atomic mass is 79.9. The van der Waals surface area contributed by atoms with Gasteiger partial charge in [-0.3, -0.25) is 0 Å². The summed E-state index contributed by atoms with van der Waals surface area (Å²) in [5, 5.41) is 3.38. The standard InChI is InChI=1S/C11H14BrClN2O2S/c12-9-4-1-5-10(11(9)13)18(16,17)15-8-3-2-6-14-7-8/h1,4-5,8,14-15H,2-3,6-7H2/t8-/m0/s1. The summed E-state index contributed by atoms with van der Waals surface area (Å²) in [6, 6.07) is 4.80. The maximum atomic E-state index is 12.2. The van der Waals surface area contributed by atoms with Gasteiger partial charge in [0.1, 0.15) is 4.90 Å². The van der Waals surface area contributed by atoms with E-state index in [1.165, 1.54) is 6.07 Å². The summed E-state index contributed by atoms with van der Waals surface area (Å²) >= 11 is 9.24. The van der Waals surface area contributed by atoms with Gasteiger partial charge in [0.25, 0.3) is 0 Å². The van der Waals surface area contributed by atoms with E-state index in [1.54, 1.807) is 12.1 Å². The molecule has 1 aromatic rings. The molecule has 0 spiro atoms. The Balaban J connectivity index is 2.22. The van der Waals surface area contributed by atoms with Crippen molar-refractivity contribution in [3.8, 4) is 0 Å². The van der Waals surface area contributed by atoms with E-state index in [2.05, 4.69) is 26.0 Å². The van der Waals surface area contributed by atoms with Gasteiger partial charge in [-0.15, -0.1) is 0 Å². The number of hydrogen-bond donors (Lipinski definition) is 2. The van der Waals surface area contributed by atoms with Crippen LogP contribution in [0.25, 0.3) is 0 Å². The van der Waals surface area contributed by atoms with Gasteiger partial charge in [-0.25, -0.2) is 13.1 Å². The van der Waals surface area contributed by atoms with Crippen molar-refractivity contribution in [3.63, 3.8) is 0 Å². The molecule has 1 heterocycles. The van der Waals surface area contributed by atoms with Crippen LogP contribution in [-0.2, 0) is 10.0 Å². The van der Waals surface area contributed by atoms with E-state index in [0.29, 0.717) is 11.0 Å². The zero-order valence-electron chi connectivity index (χ0n) is 9.62. The second-order valence-corrected chi connectivity index (χ2v) is 7.13. The minimum Gasteiger partial charge on any atom is -0.315 e. The van der Waals surface area contributed by atoms with E-state index in [-0.39, 0.29) is 16.0 Å². The Hall–Kier alpha value is -0.140. The Morgan fingerprint density at radius 1 is 1.44 bits per heavy atom. The van der Waals surface area contributed by atoms with Crippen LogP contribution in [0.2, 0.25) is 5.02 Å². The van der Waals surface area contributed by atoms with Crippen LogP contribution < -0.4 is 10.0 Å². The number of hydrogen-bond acceptors (Lipinski definition) is 3. The summed E-state index contributed by atoms with van der Waals surface area (Å²) in [5.41, 5.74) is 0. The fourth-order valence-corrected chi connectivity index (χ4v) is 4.23. The van der Waals surface area contributed by atoms with Crippen molar-refractivity contribution in [2.24, 2.45) is 0 Å². The molecule has 0 aliphatic carbocycles. The molecule has 1 aliphatic rings. The molecule has 0 bridgehead atoms. The van der Waals surface area contributed by atoms with Crippen LogP contribution in [0.1, 0.15) is 12.8 Å². The van der Waals surface area contributed by atoms with Gasteiger partial charge in [-0.05, 0) is 47.4 Å². The first-order valence-corrected chi connectivity index (χ1v) is 8.33. The van der Waals surface area contributed by atoms with Gasteiger partial charge in [0.2, 0.25) is 10.0 Å². The highest BCUT2D eigenvalue weighted by Crippen LogP contribution is 2.29. The van der Waals surface area contributed by atoms with Crippen LogP contribution in [0, 0.1) is 0 Å². The SMILES string of the molecule is O=S(=O)(N[C@H]1CCCNC1)c1cccc(Br)c1Cl. The topological polar surface area (TPSA) is 58.2 Å². The molecular weight excluding hydrogens is 340 g/mol. The molecule has 1 fully saturated rings. The lowest BCUT2D eigenvalue weighted by molar-refractivity contribution is 0.428. The Morgan fingerprint density at radius 3 is 2.89 bits per heavy atom. The molecule has 1 saturated heterocycles. The summed E-state index contributed by atoms with van der Waals surface area (Å²) in [6.07, 6.45) is 1.82. The number of benzene rings is 1. The van der Waals surface area contributed by atoms with E-state index in [1.807, 2.05) is 0 Å². The summed E-state index contributed by atoms with van der Waals surface area (Å²) in [5.74, 6) is 0. The summed E-state index contributed by atoms with van der Waals surface area (Å²) in [7, 11) is -3.57. The Bertz CT molecular complexity index is 530. The second kappa shape index (κ2) is 5.88. The van der Waals surface area contributed by atoms with Gasteiger partial charge in [-0.2, -0.15) is 0 Å². The number of piperidine rings is 1. The third kappa shape index (κ3) is 3.24. The summed E-state index contributed by atoms with van der Waals surface area (Å²) in [4.78, 5) is 0.115. The fourth-order valence-electron chi connectivity index (χ4n) is 1.93. The van der Waals surface area contributed by atoms with Gasteiger partial charge in [0.05, 0.1) is 5.02 Å². The lowest BCUT2D eigenvalue weighted by Crippen LogP contribution is -2.45. The third-order valence-corrected chi connectivity index (χ3v) is 5.80. The van der Waals surface area contributed by atoms with Crippen LogP contribution >= 0.6 is 27.5 Å². The second-order valence-electron chi connectivity index (χ2n) is 4.22. The smallest absolute Gasteiger partial charge is 0.242 e. The van der Waals surface area contributed by atoms with Crippen molar-refractivity contribution in [2.75, 3.05) is 13.1 Å². The number of rotatable bonds is 3. The zero-order valence-corrected chi connectivity index (χ0v) is 12.8. The van der Waals surface area contributed by atoms with Crippen LogP contribution in [-0.4, -0.2) is 27.5 Å². The number of nitrogens with one attached hydrogen (secondary N) is 2.